The van der Waals surface area contributed by atoms with Gasteiger partial charge in [-0.15, -0.1) is 0 Å². The van der Waals surface area contributed by atoms with Crippen LogP contribution in [0.15, 0.2) is 0 Å². The van der Waals surface area contributed by atoms with Gasteiger partial charge < -0.3 is 20.4 Å². The predicted octanol–water partition coefficient (Wildman–Crippen LogP) is 1.06. The summed E-state index contributed by atoms with van der Waals surface area (Å²) in [5.74, 6) is 0. The van der Waals surface area contributed by atoms with Gasteiger partial charge in [0.25, 0.3) is 0 Å². The van der Waals surface area contributed by atoms with Gasteiger partial charge in [-0.1, -0.05) is 13.3 Å². The molecule has 3 unspecified atom stereocenters. The zero-order chi connectivity index (χ0) is 13.4. The SMILES string of the molecule is CC(O)CC(C)(C)O.CCCC(O)C(C)O. The lowest BCUT2D eigenvalue weighted by atomic mass is 10.0. The lowest BCUT2D eigenvalue weighted by Gasteiger charge is -2.17. The van der Waals surface area contributed by atoms with Crippen LogP contribution in [0.1, 0.15) is 53.9 Å². The van der Waals surface area contributed by atoms with E-state index in [1.807, 2.05) is 6.92 Å². The number of rotatable bonds is 5. The van der Waals surface area contributed by atoms with Crippen LogP contribution in [0.25, 0.3) is 0 Å². The highest BCUT2D eigenvalue weighted by Gasteiger charge is 2.14. The molecule has 0 radical (unpaired) electrons. The zero-order valence-electron chi connectivity index (χ0n) is 11.1. The Morgan fingerprint density at radius 2 is 1.50 bits per heavy atom. The Labute approximate surface area is 98.9 Å². The molecule has 4 heteroatoms. The largest absolute Gasteiger partial charge is 0.393 e. The van der Waals surface area contributed by atoms with Crippen molar-refractivity contribution < 1.29 is 20.4 Å². The second-order valence-electron chi connectivity index (χ2n) is 4.96. The Morgan fingerprint density at radius 1 is 1.06 bits per heavy atom. The third-order valence-corrected chi connectivity index (χ3v) is 1.94. The van der Waals surface area contributed by atoms with Gasteiger partial charge in [-0.25, -0.2) is 0 Å². The molecule has 0 fully saturated rings. The highest BCUT2D eigenvalue weighted by molar-refractivity contribution is 4.67. The molecule has 100 valence electrons. The fourth-order valence-electron chi connectivity index (χ4n) is 1.26. The molecule has 16 heavy (non-hydrogen) atoms. The van der Waals surface area contributed by atoms with Crippen molar-refractivity contribution in [1.29, 1.82) is 0 Å². The van der Waals surface area contributed by atoms with Crippen molar-refractivity contribution in [2.45, 2.75) is 77.8 Å². The summed E-state index contributed by atoms with van der Waals surface area (Å²) in [4.78, 5) is 0. The molecule has 4 nitrogen and oxygen atoms in total. The number of aliphatic hydroxyl groups excluding tert-OH is 3. The van der Waals surface area contributed by atoms with Gasteiger partial charge in [0.1, 0.15) is 0 Å². The second-order valence-corrected chi connectivity index (χ2v) is 4.96. The molecule has 0 aromatic rings. The van der Waals surface area contributed by atoms with Crippen molar-refractivity contribution in [1.82, 2.24) is 0 Å². The average molecular weight is 236 g/mol. The van der Waals surface area contributed by atoms with Crippen molar-refractivity contribution in [3.63, 3.8) is 0 Å². The minimum absolute atomic E-state index is 0.407. The summed E-state index contributed by atoms with van der Waals surface area (Å²) in [5, 5.41) is 35.3. The van der Waals surface area contributed by atoms with Crippen molar-refractivity contribution in [3.05, 3.63) is 0 Å². The summed E-state index contributed by atoms with van der Waals surface area (Å²) >= 11 is 0. The van der Waals surface area contributed by atoms with Crippen LogP contribution in [0.4, 0.5) is 0 Å². The zero-order valence-corrected chi connectivity index (χ0v) is 11.1. The van der Waals surface area contributed by atoms with E-state index < -0.39 is 23.9 Å². The molecule has 0 aliphatic carbocycles. The van der Waals surface area contributed by atoms with Gasteiger partial charge in [0, 0.05) is 6.42 Å². The molecule has 0 heterocycles. The lowest BCUT2D eigenvalue weighted by Crippen LogP contribution is -2.24. The Bertz CT molecular complexity index is 150. The van der Waals surface area contributed by atoms with E-state index in [0.29, 0.717) is 12.8 Å². The molecule has 0 saturated heterocycles. The van der Waals surface area contributed by atoms with Crippen molar-refractivity contribution >= 4 is 0 Å². The molecule has 0 amide bonds. The molecule has 0 aromatic carbocycles. The molecule has 0 aliphatic heterocycles. The second kappa shape index (κ2) is 8.93. The maximum atomic E-state index is 9.03. The van der Waals surface area contributed by atoms with Gasteiger partial charge in [-0.05, 0) is 34.1 Å². The molecule has 4 N–H and O–H groups in total. The van der Waals surface area contributed by atoms with E-state index in [1.54, 1.807) is 27.7 Å². The summed E-state index contributed by atoms with van der Waals surface area (Å²) in [6.45, 7) is 8.60. The van der Waals surface area contributed by atoms with Crippen LogP contribution in [0.2, 0.25) is 0 Å². The standard InChI is InChI=1S/2C6H14O2/c1-5(7)4-6(2,3)8;1-3-4-6(8)5(2)7/h5,7-8H,4H2,1-3H3;5-8H,3-4H2,1-2H3. The number of hydrogen-bond acceptors (Lipinski definition) is 4. The van der Waals surface area contributed by atoms with Crippen LogP contribution < -0.4 is 0 Å². The maximum Gasteiger partial charge on any atom is 0.0796 e. The van der Waals surface area contributed by atoms with E-state index in [1.165, 1.54) is 0 Å². The quantitative estimate of drug-likeness (QED) is 0.575. The van der Waals surface area contributed by atoms with Crippen LogP contribution in [-0.4, -0.2) is 44.3 Å². The van der Waals surface area contributed by atoms with Gasteiger partial charge in [-0.2, -0.15) is 0 Å². The monoisotopic (exact) mass is 236 g/mol. The van der Waals surface area contributed by atoms with E-state index in [2.05, 4.69) is 0 Å². The molecule has 3 atom stereocenters. The minimum atomic E-state index is -0.728. The fraction of sp³-hybridized carbons (Fsp3) is 1.00. The molecule has 0 spiro atoms. The van der Waals surface area contributed by atoms with Gasteiger partial charge in [-0.3, -0.25) is 0 Å². The normalized spacial score (nSPS) is 17.1. The van der Waals surface area contributed by atoms with E-state index in [-0.39, 0.29) is 0 Å². The Balaban J connectivity index is 0. The molecular formula is C12H28O4. The first-order valence-corrected chi connectivity index (χ1v) is 5.86. The lowest BCUT2D eigenvalue weighted by molar-refractivity contribution is 0.0249. The molecule has 0 aliphatic rings. The average Bonchev–Trinajstić information content (AvgIpc) is 2.00. The first-order valence-electron chi connectivity index (χ1n) is 5.86. The van der Waals surface area contributed by atoms with Gasteiger partial charge in [0.15, 0.2) is 0 Å². The van der Waals surface area contributed by atoms with E-state index in [4.69, 9.17) is 20.4 Å². The topological polar surface area (TPSA) is 80.9 Å². The van der Waals surface area contributed by atoms with Crippen LogP contribution >= 0.6 is 0 Å². The Kier molecular flexibility index (Phi) is 10.2. The van der Waals surface area contributed by atoms with E-state index in [9.17, 15) is 0 Å². The Hall–Kier alpha value is -0.160. The first kappa shape index (κ1) is 18.2. The summed E-state index contributed by atoms with van der Waals surface area (Å²) in [6.07, 6.45) is 0.543. The smallest absolute Gasteiger partial charge is 0.0796 e. The van der Waals surface area contributed by atoms with Crippen molar-refractivity contribution in [2.24, 2.45) is 0 Å². The predicted molar refractivity (Wildman–Crippen MR) is 65.2 cm³/mol. The highest BCUT2D eigenvalue weighted by Crippen LogP contribution is 2.09. The molecular weight excluding hydrogens is 208 g/mol. The van der Waals surface area contributed by atoms with Crippen LogP contribution in [0, 0.1) is 0 Å². The minimum Gasteiger partial charge on any atom is -0.393 e. The highest BCUT2D eigenvalue weighted by atomic mass is 16.3. The van der Waals surface area contributed by atoms with E-state index in [0.717, 1.165) is 6.42 Å². The van der Waals surface area contributed by atoms with Crippen LogP contribution in [0.5, 0.6) is 0 Å². The van der Waals surface area contributed by atoms with Crippen LogP contribution in [0.3, 0.4) is 0 Å². The third kappa shape index (κ3) is 16.3. The van der Waals surface area contributed by atoms with Gasteiger partial charge in [0.2, 0.25) is 0 Å². The van der Waals surface area contributed by atoms with Gasteiger partial charge >= 0.3 is 0 Å². The number of hydrogen-bond donors (Lipinski definition) is 4. The molecule has 0 saturated carbocycles. The van der Waals surface area contributed by atoms with Crippen LogP contribution in [-0.2, 0) is 0 Å². The summed E-state index contributed by atoms with van der Waals surface area (Å²) in [5.41, 5.74) is -0.728. The summed E-state index contributed by atoms with van der Waals surface area (Å²) in [7, 11) is 0. The fourth-order valence-corrected chi connectivity index (χ4v) is 1.26. The summed E-state index contributed by atoms with van der Waals surface area (Å²) in [6, 6.07) is 0. The molecule has 0 bridgehead atoms. The third-order valence-electron chi connectivity index (χ3n) is 1.94. The summed E-state index contributed by atoms with van der Waals surface area (Å²) < 4.78 is 0. The first-order chi connectivity index (χ1) is 7.10. The maximum absolute atomic E-state index is 9.03. The number of aliphatic hydroxyl groups is 4. The van der Waals surface area contributed by atoms with E-state index >= 15 is 0 Å². The Morgan fingerprint density at radius 3 is 1.56 bits per heavy atom. The molecule has 0 aromatic heterocycles. The van der Waals surface area contributed by atoms with Crippen molar-refractivity contribution in [3.8, 4) is 0 Å². The van der Waals surface area contributed by atoms with Gasteiger partial charge in [0.05, 0.1) is 23.9 Å². The van der Waals surface area contributed by atoms with Crippen molar-refractivity contribution in [2.75, 3.05) is 0 Å². The molecule has 0 rings (SSSR count).